The van der Waals surface area contributed by atoms with Crippen LogP contribution >= 0.6 is 34.5 Å². The third kappa shape index (κ3) is 1.97. The fraction of sp³-hybridized carbons (Fsp3) is 0.182. The van der Waals surface area contributed by atoms with Crippen LogP contribution in [0.2, 0.25) is 5.02 Å². The zero-order chi connectivity index (χ0) is 12.6. The van der Waals surface area contributed by atoms with Crippen molar-refractivity contribution in [2.24, 2.45) is 0 Å². The lowest BCUT2D eigenvalue weighted by molar-refractivity contribution is 0.108. The Morgan fingerprint density at radius 3 is 2.53 bits per heavy atom. The molecule has 90 valence electrons. The summed E-state index contributed by atoms with van der Waals surface area (Å²) in [5.74, 6) is 1.07. The predicted octanol–water partition coefficient (Wildman–Crippen LogP) is 3.95. The molecule has 0 saturated carbocycles. The van der Waals surface area contributed by atoms with E-state index in [-0.39, 0.29) is 0 Å². The van der Waals surface area contributed by atoms with Crippen LogP contribution in [-0.4, -0.2) is 19.5 Å². The van der Waals surface area contributed by atoms with Gasteiger partial charge in [0.25, 0.3) is 5.24 Å². The largest absolute Gasteiger partial charge is 0.493 e. The standard InChI is InChI=1S/C11H8Cl2O3S/c1-15-5-3-4-6-7(9(5)16-2)8(12)10(17-6)11(13)14/h3-4H,1-2H3. The zero-order valence-corrected chi connectivity index (χ0v) is 11.4. The van der Waals surface area contributed by atoms with Gasteiger partial charge in [0.05, 0.1) is 24.6 Å². The quantitative estimate of drug-likeness (QED) is 0.803. The summed E-state index contributed by atoms with van der Waals surface area (Å²) in [4.78, 5) is 11.5. The van der Waals surface area contributed by atoms with Crippen molar-refractivity contribution < 1.29 is 14.3 Å². The maximum Gasteiger partial charge on any atom is 0.263 e. The average molecular weight is 291 g/mol. The van der Waals surface area contributed by atoms with Crippen LogP contribution in [0.4, 0.5) is 0 Å². The molecule has 17 heavy (non-hydrogen) atoms. The summed E-state index contributed by atoms with van der Waals surface area (Å²) in [6.45, 7) is 0. The Hall–Kier alpha value is -0.970. The van der Waals surface area contributed by atoms with Gasteiger partial charge in [0.15, 0.2) is 11.5 Å². The van der Waals surface area contributed by atoms with E-state index in [4.69, 9.17) is 32.7 Å². The first-order valence-corrected chi connectivity index (χ1v) is 6.20. The monoisotopic (exact) mass is 290 g/mol. The molecule has 2 rings (SSSR count). The molecule has 2 aromatic rings. The molecule has 1 aromatic heterocycles. The molecule has 6 heteroatoms. The summed E-state index contributed by atoms with van der Waals surface area (Å²) in [5.41, 5.74) is 0. The normalized spacial score (nSPS) is 10.6. The summed E-state index contributed by atoms with van der Waals surface area (Å²) in [5, 5.41) is 0.389. The van der Waals surface area contributed by atoms with Crippen molar-refractivity contribution in [2.45, 2.75) is 0 Å². The number of ether oxygens (including phenoxy) is 2. The molecule has 1 heterocycles. The molecule has 0 spiro atoms. The molecule has 0 amide bonds. The molecular weight excluding hydrogens is 283 g/mol. The van der Waals surface area contributed by atoms with Gasteiger partial charge in [0.2, 0.25) is 0 Å². The number of hydrogen-bond acceptors (Lipinski definition) is 4. The Balaban J connectivity index is 2.84. The number of hydrogen-bond donors (Lipinski definition) is 0. The molecule has 0 fully saturated rings. The van der Waals surface area contributed by atoms with Crippen LogP contribution in [0.3, 0.4) is 0 Å². The highest BCUT2D eigenvalue weighted by molar-refractivity contribution is 7.23. The zero-order valence-electron chi connectivity index (χ0n) is 9.04. The van der Waals surface area contributed by atoms with Gasteiger partial charge in [-0.2, -0.15) is 0 Å². The number of rotatable bonds is 3. The number of benzene rings is 1. The Morgan fingerprint density at radius 2 is 2.00 bits per heavy atom. The highest BCUT2D eigenvalue weighted by atomic mass is 35.5. The van der Waals surface area contributed by atoms with Gasteiger partial charge in [-0.1, -0.05) is 11.6 Å². The number of fused-ring (bicyclic) bond motifs is 1. The van der Waals surface area contributed by atoms with Crippen molar-refractivity contribution in [2.75, 3.05) is 14.2 Å². The van der Waals surface area contributed by atoms with Gasteiger partial charge in [0.1, 0.15) is 4.88 Å². The molecule has 0 saturated heterocycles. The second kappa shape index (κ2) is 4.72. The summed E-state index contributed by atoms with van der Waals surface area (Å²) in [6, 6.07) is 3.58. The number of thiophene rings is 1. The van der Waals surface area contributed by atoms with Crippen molar-refractivity contribution in [1.82, 2.24) is 0 Å². The van der Waals surface area contributed by atoms with Crippen molar-refractivity contribution in [3.05, 3.63) is 22.0 Å². The van der Waals surface area contributed by atoms with E-state index < -0.39 is 5.24 Å². The number of carbonyl (C=O) groups excluding carboxylic acids is 1. The lowest BCUT2D eigenvalue weighted by Gasteiger charge is -2.08. The minimum atomic E-state index is -0.572. The molecule has 0 unspecified atom stereocenters. The average Bonchev–Trinajstić information content (AvgIpc) is 2.66. The van der Waals surface area contributed by atoms with E-state index in [1.54, 1.807) is 6.07 Å². The van der Waals surface area contributed by atoms with Gasteiger partial charge in [-0.15, -0.1) is 11.3 Å². The maximum absolute atomic E-state index is 11.2. The second-order valence-corrected chi connectivity index (χ2v) is 4.97. The van der Waals surface area contributed by atoms with E-state index in [0.717, 1.165) is 4.70 Å². The van der Waals surface area contributed by atoms with E-state index in [0.29, 0.717) is 26.8 Å². The van der Waals surface area contributed by atoms with Gasteiger partial charge in [-0.05, 0) is 23.7 Å². The SMILES string of the molecule is COc1ccc2sc(C(=O)Cl)c(Cl)c2c1OC. The van der Waals surface area contributed by atoms with E-state index in [9.17, 15) is 4.79 Å². The fourth-order valence-corrected chi connectivity index (χ4v) is 3.22. The lowest BCUT2D eigenvalue weighted by Crippen LogP contribution is -1.90. The second-order valence-electron chi connectivity index (χ2n) is 3.19. The van der Waals surface area contributed by atoms with Gasteiger partial charge in [-0.3, -0.25) is 4.79 Å². The van der Waals surface area contributed by atoms with Crippen molar-refractivity contribution in [3.63, 3.8) is 0 Å². The highest BCUT2D eigenvalue weighted by Gasteiger charge is 2.20. The Morgan fingerprint density at radius 1 is 1.29 bits per heavy atom. The van der Waals surface area contributed by atoms with Gasteiger partial charge >= 0.3 is 0 Å². The van der Waals surface area contributed by atoms with Gasteiger partial charge < -0.3 is 9.47 Å². The minimum Gasteiger partial charge on any atom is -0.493 e. The van der Waals surface area contributed by atoms with Crippen LogP contribution < -0.4 is 9.47 Å². The van der Waals surface area contributed by atoms with E-state index in [2.05, 4.69) is 0 Å². The van der Waals surface area contributed by atoms with Crippen LogP contribution in [0.5, 0.6) is 11.5 Å². The van der Waals surface area contributed by atoms with E-state index >= 15 is 0 Å². The molecule has 3 nitrogen and oxygen atoms in total. The summed E-state index contributed by atoms with van der Waals surface area (Å²) < 4.78 is 11.3. The maximum atomic E-state index is 11.2. The van der Waals surface area contributed by atoms with E-state index in [1.807, 2.05) is 6.07 Å². The molecule has 0 bridgehead atoms. The smallest absolute Gasteiger partial charge is 0.263 e. The molecule has 0 aliphatic rings. The van der Waals surface area contributed by atoms with Crippen LogP contribution in [0.1, 0.15) is 9.67 Å². The first kappa shape index (κ1) is 12.5. The Bertz CT molecular complexity index is 592. The summed E-state index contributed by atoms with van der Waals surface area (Å²) >= 11 is 12.8. The Labute approximate surface area is 112 Å². The molecule has 0 radical (unpaired) electrons. The van der Waals surface area contributed by atoms with Gasteiger partial charge in [0, 0.05) is 4.70 Å². The number of halogens is 2. The minimum absolute atomic E-state index is 0.306. The number of methoxy groups -OCH3 is 2. The Kier molecular flexibility index (Phi) is 3.47. The van der Waals surface area contributed by atoms with Crippen molar-refractivity contribution in [1.29, 1.82) is 0 Å². The fourth-order valence-electron chi connectivity index (χ4n) is 1.60. The topological polar surface area (TPSA) is 35.5 Å². The van der Waals surface area contributed by atoms with Crippen LogP contribution in [-0.2, 0) is 0 Å². The summed E-state index contributed by atoms with van der Waals surface area (Å²) in [6.07, 6.45) is 0. The predicted molar refractivity (Wildman–Crippen MR) is 70.1 cm³/mol. The first-order valence-electron chi connectivity index (χ1n) is 4.63. The summed E-state index contributed by atoms with van der Waals surface area (Å²) in [7, 11) is 3.06. The lowest BCUT2D eigenvalue weighted by atomic mass is 10.2. The van der Waals surface area contributed by atoms with Crippen LogP contribution in [0.15, 0.2) is 12.1 Å². The highest BCUT2D eigenvalue weighted by Crippen LogP contribution is 2.45. The molecule has 1 aromatic carbocycles. The van der Waals surface area contributed by atoms with Gasteiger partial charge in [-0.25, -0.2) is 0 Å². The van der Waals surface area contributed by atoms with Crippen molar-refractivity contribution >= 4 is 49.9 Å². The molecule has 0 aliphatic carbocycles. The molecular formula is C11H8Cl2O3S. The molecule has 0 atom stereocenters. The molecule has 0 aliphatic heterocycles. The third-order valence-corrected chi connectivity index (χ3v) is 4.26. The molecule has 0 N–H and O–H groups in total. The van der Waals surface area contributed by atoms with Crippen LogP contribution in [0.25, 0.3) is 10.1 Å². The van der Waals surface area contributed by atoms with E-state index in [1.165, 1.54) is 25.6 Å². The van der Waals surface area contributed by atoms with Crippen LogP contribution in [0, 0.1) is 0 Å². The first-order chi connectivity index (χ1) is 8.10. The number of carbonyl (C=O) groups is 1. The van der Waals surface area contributed by atoms with Crippen molar-refractivity contribution in [3.8, 4) is 11.5 Å². The third-order valence-electron chi connectivity index (χ3n) is 2.32.